The number of anilines is 1. The van der Waals surface area contributed by atoms with Crippen molar-refractivity contribution in [3.63, 3.8) is 0 Å². The van der Waals surface area contributed by atoms with E-state index < -0.39 is 5.97 Å². The van der Waals surface area contributed by atoms with Gasteiger partial charge in [-0.25, -0.2) is 9.97 Å². The molecule has 0 saturated heterocycles. The van der Waals surface area contributed by atoms with Gasteiger partial charge in [-0.2, -0.15) is 4.37 Å². The van der Waals surface area contributed by atoms with E-state index in [1.807, 2.05) is 6.92 Å². The molecule has 6 nitrogen and oxygen atoms in total. The molecule has 2 aromatic rings. The van der Waals surface area contributed by atoms with Crippen LogP contribution >= 0.6 is 11.5 Å². The van der Waals surface area contributed by atoms with E-state index in [0.29, 0.717) is 12.6 Å². The minimum Gasteiger partial charge on any atom is -0.481 e. The van der Waals surface area contributed by atoms with E-state index in [9.17, 15) is 4.79 Å². The summed E-state index contributed by atoms with van der Waals surface area (Å²) in [5.41, 5.74) is 0.913. The zero-order valence-corrected chi connectivity index (χ0v) is 11.4. The van der Waals surface area contributed by atoms with Crippen LogP contribution in [0.5, 0.6) is 0 Å². The minimum atomic E-state index is -0.781. The highest BCUT2D eigenvalue weighted by molar-refractivity contribution is 7.13. The molecule has 7 heteroatoms. The molecule has 3 rings (SSSR count). The van der Waals surface area contributed by atoms with Crippen LogP contribution in [0.2, 0.25) is 0 Å². The summed E-state index contributed by atoms with van der Waals surface area (Å²) in [5.74, 6) is 0.0520. The number of hydrogen-bond acceptors (Lipinski definition) is 6. The van der Waals surface area contributed by atoms with Crippen molar-refractivity contribution >= 4 is 33.5 Å². The van der Waals surface area contributed by atoms with Gasteiger partial charge in [0, 0.05) is 12.6 Å². The van der Waals surface area contributed by atoms with Gasteiger partial charge >= 0.3 is 5.97 Å². The fourth-order valence-electron chi connectivity index (χ4n) is 2.19. The van der Waals surface area contributed by atoms with Gasteiger partial charge in [0.1, 0.15) is 17.0 Å². The fraction of sp³-hybridized carbons (Fsp3) is 0.500. The first kappa shape index (κ1) is 12.3. The highest BCUT2D eigenvalue weighted by atomic mass is 32.1. The van der Waals surface area contributed by atoms with Crippen LogP contribution in [0, 0.1) is 6.92 Å². The predicted octanol–water partition coefficient (Wildman–Crippen LogP) is 1.84. The van der Waals surface area contributed by atoms with E-state index in [0.717, 1.165) is 34.6 Å². The summed E-state index contributed by atoms with van der Waals surface area (Å²) in [6.45, 7) is 2.43. The zero-order chi connectivity index (χ0) is 13.4. The molecule has 19 heavy (non-hydrogen) atoms. The number of carbonyl (C=O) groups is 1. The average Bonchev–Trinajstić information content (AvgIpc) is 3.14. The lowest BCUT2D eigenvalue weighted by molar-refractivity contribution is -0.136. The number of hydrogen-bond donors (Lipinski definition) is 1. The van der Waals surface area contributed by atoms with Crippen LogP contribution in [0.15, 0.2) is 6.33 Å². The number of aliphatic carboxylic acids is 1. The minimum absolute atomic E-state index is 0.124. The van der Waals surface area contributed by atoms with E-state index >= 15 is 0 Å². The topological polar surface area (TPSA) is 79.2 Å². The Labute approximate surface area is 114 Å². The molecule has 0 unspecified atom stereocenters. The Kier molecular flexibility index (Phi) is 3.06. The van der Waals surface area contributed by atoms with E-state index in [1.165, 1.54) is 17.9 Å². The molecular weight excluding hydrogens is 264 g/mol. The smallest absolute Gasteiger partial charge is 0.305 e. The third kappa shape index (κ3) is 2.37. The Morgan fingerprint density at radius 2 is 2.32 bits per heavy atom. The Balaban J connectivity index is 1.99. The molecule has 1 saturated carbocycles. The number of aromatic nitrogens is 3. The second-order valence-electron chi connectivity index (χ2n) is 4.71. The Bertz CT molecular complexity index is 623. The monoisotopic (exact) mass is 278 g/mol. The van der Waals surface area contributed by atoms with Crippen molar-refractivity contribution in [2.75, 3.05) is 11.4 Å². The molecule has 0 radical (unpaired) electrons. The highest BCUT2D eigenvalue weighted by Gasteiger charge is 2.31. The SMILES string of the molecule is Cc1nsc2ncnc(N(CCC(=O)O)C3CC3)c12. The van der Waals surface area contributed by atoms with E-state index in [1.54, 1.807) is 0 Å². The number of fused-ring (bicyclic) bond motifs is 1. The summed E-state index contributed by atoms with van der Waals surface area (Å²) < 4.78 is 4.31. The molecule has 1 aliphatic carbocycles. The maximum Gasteiger partial charge on any atom is 0.305 e. The van der Waals surface area contributed by atoms with Crippen LogP contribution in [0.3, 0.4) is 0 Å². The summed E-state index contributed by atoms with van der Waals surface area (Å²) in [6, 6.07) is 0.414. The quantitative estimate of drug-likeness (QED) is 0.899. The number of carboxylic acid groups (broad SMARTS) is 1. The van der Waals surface area contributed by atoms with Gasteiger partial charge in [0.25, 0.3) is 0 Å². The molecule has 0 atom stereocenters. The van der Waals surface area contributed by atoms with Crippen LogP contribution in [-0.2, 0) is 4.79 Å². The van der Waals surface area contributed by atoms with Gasteiger partial charge in [-0.05, 0) is 31.3 Å². The molecule has 0 bridgehead atoms. The molecule has 1 fully saturated rings. The summed E-state index contributed by atoms with van der Waals surface area (Å²) in [7, 11) is 0. The Hall–Kier alpha value is -1.76. The highest BCUT2D eigenvalue weighted by Crippen LogP contribution is 2.35. The summed E-state index contributed by atoms with van der Waals surface area (Å²) >= 11 is 1.36. The van der Waals surface area contributed by atoms with Crippen molar-refractivity contribution in [3.05, 3.63) is 12.0 Å². The summed E-state index contributed by atoms with van der Waals surface area (Å²) in [6.07, 6.45) is 3.85. The van der Waals surface area contributed by atoms with Gasteiger partial charge < -0.3 is 10.0 Å². The second kappa shape index (κ2) is 4.73. The molecule has 2 heterocycles. The Morgan fingerprint density at radius 3 is 3.00 bits per heavy atom. The lowest BCUT2D eigenvalue weighted by atomic mass is 10.2. The molecule has 100 valence electrons. The lowest BCUT2D eigenvalue weighted by Crippen LogP contribution is -2.29. The molecule has 0 spiro atoms. The first-order valence-electron chi connectivity index (χ1n) is 6.22. The molecule has 0 aromatic carbocycles. The standard InChI is InChI=1S/C12H14N4O2S/c1-7-10-11(13-6-14-12(10)19-15-7)16(8-2-3-8)5-4-9(17)18/h6,8H,2-5H2,1H3,(H,17,18). The van der Waals surface area contributed by atoms with Crippen LogP contribution in [0.1, 0.15) is 25.0 Å². The molecular formula is C12H14N4O2S. The largest absolute Gasteiger partial charge is 0.481 e. The lowest BCUT2D eigenvalue weighted by Gasteiger charge is -2.23. The number of nitrogens with zero attached hydrogens (tertiary/aromatic N) is 4. The Morgan fingerprint density at radius 1 is 1.53 bits per heavy atom. The molecule has 1 N–H and O–H groups in total. The van der Waals surface area contributed by atoms with Crippen LogP contribution in [0.25, 0.3) is 10.2 Å². The first-order chi connectivity index (χ1) is 9.16. The van der Waals surface area contributed by atoms with Gasteiger partial charge in [0.2, 0.25) is 0 Å². The van der Waals surface area contributed by atoms with E-state index in [-0.39, 0.29) is 6.42 Å². The maximum absolute atomic E-state index is 10.8. The van der Waals surface area contributed by atoms with Gasteiger partial charge in [-0.1, -0.05) is 0 Å². The van der Waals surface area contributed by atoms with Crippen molar-refractivity contribution in [2.45, 2.75) is 32.2 Å². The number of rotatable bonds is 5. The van der Waals surface area contributed by atoms with Gasteiger partial charge in [0.05, 0.1) is 17.5 Å². The van der Waals surface area contributed by atoms with Crippen molar-refractivity contribution < 1.29 is 9.90 Å². The third-order valence-corrected chi connectivity index (χ3v) is 4.10. The fourth-order valence-corrected chi connectivity index (χ4v) is 2.92. The van der Waals surface area contributed by atoms with Crippen LogP contribution in [-0.4, -0.2) is 38.0 Å². The third-order valence-electron chi connectivity index (χ3n) is 3.25. The summed E-state index contributed by atoms with van der Waals surface area (Å²) in [5, 5.41) is 9.83. The number of aryl methyl sites for hydroxylation is 1. The number of carboxylic acids is 1. The van der Waals surface area contributed by atoms with Crippen molar-refractivity contribution in [2.24, 2.45) is 0 Å². The van der Waals surface area contributed by atoms with Crippen molar-refractivity contribution in [3.8, 4) is 0 Å². The van der Waals surface area contributed by atoms with E-state index in [2.05, 4.69) is 19.2 Å². The summed E-state index contributed by atoms with van der Waals surface area (Å²) in [4.78, 5) is 22.3. The predicted molar refractivity (Wildman–Crippen MR) is 72.6 cm³/mol. The maximum atomic E-state index is 10.8. The average molecular weight is 278 g/mol. The van der Waals surface area contributed by atoms with Crippen molar-refractivity contribution in [1.82, 2.24) is 14.3 Å². The molecule has 0 amide bonds. The van der Waals surface area contributed by atoms with Gasteiger partial charge in [-0.3, -0.25) is 4.79 Å². The molecule has 0 aliphatic heterocycles. The normalized spacial score (nSPS) is 14.8. The van der Waals surface area contributed by atoms with E-state index in [4.69, 9.17) is 5.11 Å². The molecule has 2 aromatic heterocycles. The van der Waals surface area contributed by atoms with Crippen LogP contribution < -0.4 is 4.90 Å². The van der Waals surface area contributed by atoms with Crippen LogP contribution in [0.4, 0.5) is 5.82 Å². The van der Waals surface area contributed by atoms with Gasteiger partial charge in [0.15, 0.2) is 0 Å². The zero-order valence-electron chi connectivity index (χ0n) is 10.5. The molecule has 1 aliphatic rings. The first-order valence-corrected chi connectivity index (χ1v) is 6.99. The van der Waals surface area contributed by atoms with Gasteiger partial charge in [-0.15, -0.1) is 0 Å². The second-order valence-corrected chi connectivity index (χ2v) is 5.47. The van der Waals surface area contributed by atoms with Crippen molar-refractivity contribution in [1.29, 1.82) is 0 Å².